The first-order valence-corrected chi connectivity index (χ1v) is 6.99. The number of nitrogens with two attached hydrogens (primary N) is 1. The molecule has 1 aromatic rings. The second kappa shape index (κ2) is 10.6. The van der Waals surface area contributed by atoms with Crippen LogP contribution in [0.15, 0.2) is 30.3 Å². The zero-order valence-electron chi connectivity index (χ0n) is 12.8. The van der Waals surface area contributed by atoms with Crippen molar-refractivity contribution in [2.75, 3.05) is 0 Å². The number of halogens is 1. The van der Waals surface area contributed by atoms with E-state index in [0.29, 0.717) is 6.54 Å². The highest BCUT2D eigenvalue weighted by Crippen LogP contribution is 2.00. The van der Waals surface area contributed by atoms with Gasteiger partial charge in [0.15, 0.2) is 0 Å². The van der Waals surface area contributed by atoms with Gasteiger partial charge in [0.05, 0.1) is 6.04 Å². The third kappa shape index (κ3) is 8.18. The van der Waals surface area contributed by atoms with Gasteiger partial charge in [-0.15, -0.1) is 12.4 Å². The highest BCUT2D eigenvalue weighted by atomic mass is 35.5. The average Bonchev–Trinajstić information content (AvgIpc) is 2.49. The van der Waals surface area contributed by atoms with E-state index in [4.69, 9.17) is 10.8 Å². The van der Waals surface area contributed by atoms with Crippen molar-refractivity contribution in [3.63, 3.8) is 0 Å². The zero-order valence-corrected chi connectivity index (χ0v) is 13.6. The number of rotatable bonds is 9. The quantitative estimate of drug-likeness (QED) is 0.517. The minimum absolute atomic E-state index is 0. The molecule has 8 heteroatoms. The van der Waals surface area contributed by atoms with Crippen LogP contribution in [0.2, 0.25) is 0 Å². The maximum Gasteiger partial charge on any atom is 0.303 e. The SMILES string of the molecule is C[C@H](NCc1ccccc1)C(=O)N[C@H](CCC(=O)O)C(N)=O.Cl. The van der Waals surface area contributed by atoms with Gasteiger partial charge in [-0.2, -0.15) is 0 Å². The normalized spacial score (nSPS) is 12.6. The molecule has 2 atom stereocenters. The Kier molecular flexibility index (Phi) is 9.60. The maximum atomic E-state index is 12.0. The second-order valence-corrected chi connectivity index (χ2v) is 4.98. The number of carboxylic acids is 1. The van der Waals surface area contributed by atoms with Gasteiger partial charge in [-0.25, -0.2) is 0 Å². The molecule has 0 radical (unpaired) electrons. The summed E-state index contributed by atoms with van der Waals surface area (Å²) in [5.41, 5.74) is 6.20. The van der Waals surface area contributed by atoms with Crippen LogP contribution in [0.3, 0.4) is 0 Å². The van der Waals surface area contributed by atoms with E-state index in [-0.39, 0.29) is 25.2 Å². The van der Waals surface area contributed by atoms with Crippen molar-refractivity contribution in [1.82, 2.24) is 10.6 Å². The Bertz CT molecular complexity index is 525. The molecule has 0 heterocycles. The van der Waals surface area contributed by atoms with Crippen molar-refractivity contribution in [1.29, 1.82) is 0 Å². The van der Waals surface area contributed by atoms with Crippen molar-refractivity contribution < 1.29 is 19.5 Å². The molecule has 7 nitrogen and oxygen atoms in total. The molecule has 0 aromatic heterocycles. The van der Waals surface area contributed by atoms with E-state index in [2.05, 4.69) is 10.6 Å². The molecular formula is C15H22ClN3O4. The van der Waals surface area contributed by atoms with Gasteiger partial charge in [0.25, 0.3) is 0 Å². The number of amides is 2. The van der Waals surface area contributed by atoms with Gasteiger partial charge in [-0.3, -0.25) is 14.4 Å². The third-order valence-corrected chi connectivity index (χ3v) is 3.16. The molecule has 1 rings (SSSR count). The molecule has 0 bridgehead atoms. The highest BCUT2D eigenvalue weighted by molar-refractivity contribution is 5.89. The lowest BCUT2D eigenvalue weighted by Gasteiger charge is -2.19. The van der Waals surface area contributed by atoms with Crippen molar-refractivity contribution >= 4 is 30.2 Å². The van der Waals surface area contributed by atoms with E-state index in [1.165, 1.54) is 0 Å². The molecule has 5 N–H and O–H groups in total. The molecule has 0 aliphatic heterocycles. The van der Waals surface area contributed by atoms with Gasteiger partial charge in [0.2, 0.25) is 11.8 Å². The molecule has 0 spiro atoms. The minimum Gasteiger partial charge on any atom is -0.481 e. The number of carbonyl (C=O) groups excluding carboxylic acids is 2. The summed E-state index contributed by atoms with van der Waals surface area (Å²) < 4.78 is 0. The number of hydrogen-bond acceptors (Lipinski definition) is 4. The van der Waals surface area contributed by atoms with Crippen LogP contribution in [-0.4, -0.2) is 35.0 Å². The number of carbonyl (C=O) groups is 3. The summed E-state index contributed by atoms with van der Waals surface area (Å²) in [6, 6.07) is 8.04. The third-order valence-electron chi connectivity index (χ3n) is 3.16. The molecule has 0 saturated heterocycles. The molecule has 2 amide bonds. The molecule has 0 unspecified atom stereocenters. The van der Waals surface area contributed by atoms with E-state index in [9.17, 15) is 14.4 Å². The first kappa shape index (κ1) is 20.9. The molecule has 1 aromatic carbocycles. The van der Waals surface area contributed by atoms with Crippen molar-refractivity contribution in [3.8, 4) is 0 Å². The largest absolute Gasteiger partial charge is 0.481 e. The zero-order chi connectivity index (χ0) is 16.5. The maximum absolute atomic E-state index is 12.0. The Morgan fingerprint density at radius 2 is 1.83 bits per heavy atom. The fourth-order valence-corrected chi connectivity index (χ4v) is 1.81. The minimum atomic E-state index is -1.05. The topological polar surface area (TPSA) is 122 Å². The van der Waals surface area contributed by atoms with Gasteiger partial charge >= 0.3 is 5.97 Å². The predicted octanol–water partition coefficient (Wildman–Crippen LogP) is 0.421. The lowest BCUT2D eigenvalue weighted by atomic mass is 10.1. The monoisotopic (exact) mass is 343 g/mol. The summed E-state index contributed by atoms with van der Waals surface area (Å²) >= 11 is 0. The molecule has 0 fully saturated rings. The van der Waals surface area contributed by atoms with Crippen LogP contribution < -0.4 is 16.4 Å². The van der Waals surface area contributed by atoms with Crippen LogP contribution in [0.1, 0.15) is 25.3 Å². The number of nitrogens with one attached hydrogen (secondary N) is 2. The summed E-state index contributed by atoms with van der Waals surface area (Å²) in [5, 5.41) is 14.1. The first-order valence-electron chi connectivity index (χ1n) is 6.99. The fraction of sp³-hybridized carbons (Fsp3) is 0.400. The lowest BCUT2D eigenvalue weighted by molar-refractivity contribution is -0.137. The number of benzene rings is 1. The molecule has 0 aliphatic rings. The molecule has 128 valence electrons. The Balaban J connectivity index is 0.00000484. The van der Waals surface area contributed by atoms with Crippen molar-refractivity contribution in [3.05, 3.63) is 35.9 Å². The smallest absolute Gasteiger partial charge is 0.303 e. The van der Waals surface area contributed by atoms with Gasteiger partial charge in [0, 0.05) is 13.0 Å². The number of aliphatic carboxylic acids is 1. The number of carboxylic acid groups (broad SMARTS) is 1. The number of primary amides is 1. The van der Waals surface area contributed by atoms with Crippen LogP contribution >= 0.6 is 12.4 Å². The van der Waals surface area contributed by atoms with E-state index >= 15 is 0 Å². The van der Waals surface area contributed by atoms with Crippen LogP contribution in [-0.2, 0) is 20.9 Å². The summed E-state index contributed by atoms with van der Waals surface area (Å²) in [6.45, 7) is 2.17. The van der Waals surface area contributed by atoms with Crippen LogP contribution in [0.4, 0.5) is 0 Å². The van der Waals surface area contributed by atoms with E-state index in [1.807, 2.05) is 30.3 Å². The second-order valence-electron chi connectivity index (χ2n) is 4.98. The summed E-state index contributed by atoms with van der Waals surface area (Å²) in [7, 11) is 0. The standard InChI is InChI=1S/C15H21N3O4.ClH/c1-10(17-9-11-5-3-2-4-6-11)15(22)18-12(14(16)21)7-8-13(19)20;/h2-6,10,12,17H,7-9H2,1H3,(H2,16,21)(H,18,22)(H,19,20);1H/t10-,12+;/m0./s1. The lowest BCUT2D eigenvalue weighted by Crippen LogP contribution is -2.50. The summed E-state index contributed by atoms with van der Waals surface area (Å²) in [6.07, 6.45) is -0.262. The van der Waals surface area contributed by atoms with E-state index in [1.54, 1.807) is 6.92 Å². The number of hydrogen-bond donors (Lipinski definition) is 4. The average molecular weight is 344 g/mol. The van der Waals surface area contributed by atoms with Crippen LogP contribution in [0.5, 0.6) is 0 Å². The van der Waals surface area contributed by atoms with E-state index < -0.39 is 29.9 Å². The Labute approximate surface area is 141 Å². The molecule has 0 saturated carbocycles. The summed E-state index contributed by atoms with van der Waals surface area (Å²) in [4.78, 5) is 33.8. The van der Waals surface area contributed by atoms with Crippen molar-refractivity contribution in [2.45, 2.75) is 38.4 Å². The predicted molar refractivity (Wildman–Crippen MR) is 88.0 cm³/mol. The Morgan fingerprint density at radius 3 is 2.35 bits per heavy atom. The van der Waals surface area contributed by atoms with Gasteiger partial charge < -0.3 is 21.5 Å². The fourth-order valence-electron chi connectivity index (χ4n) is 1.81. The van der Waals surface area contributed by atoms with Crippen molar-refractivity contribution in [2.24, 2.45) is 5.73 Å². The van der Waals surface area contributed by atoms with Gasteiger partial charge in [-0.1, -0.05) is 30.3 Å². The Morgan fingerprint density at radius 1 is 1.22 bits per heavy atom. The van der Waals surface area contributed by atoms with Crippen LogP contribution in [0, 0.1) is 0 Å². The molecule has 23 heavy (non-hydrogen) atoms. The van der Waals surface area contributed by atoms with Crippen LogP contribution in [0.25, 0.3) is 0 Å². The molecule has 0 aliphatic carbocycles. The molecular weight excluding hydrogens is 322 g/mol. The summed E-state index contributed by atoms with van der Waals surface area (Å²) in [5.74, 6) is -2.19. The first-order chi connectivity index (χ1) is 10.4. The van der Waals surface area contributed by atoms with Gasteiger partial charge in [-0.05, 0) is 18.9 Å². The highest BCUT2D eigenvalue weighted by Gasteiger charge is 2.22. The van der Waals surface area contributed by atoms with Gasteiger partial charge in [0.1, 0.15) is 6.04 Å². The Hall–Kier alpha value is -2.12. The van der Waals surface area contributed by atoms with E-state index in [0.717, 1.165) is 5.56 Å².